The Morgan fingerprint density at radius 1 is 1.43 bits per heavy atom. The minimum Gasteiger partial charge on any atom is -0.379 e. The highest BCUT2D eigenvalue weighted by Gasteiger charge is 2.21. The van der Waals surface area contributed by atoms with Gasteiger partial charge in [0.2, 0.25) is 0 Å². The molecule has 1 saturated carbocycles. The van der Waals surface area contributed by atoms with Crippen molar-refractivity contribution in [1.29, 1.82) is 0 Å². The smallest absolute Gasteiger partial charge is 0.0641 e. The predicted molar refractivity (Wildman–Crippen MR) is 90.4 cm³/mol. The summed E-state index contributed by atoms with van der Waals surface area (Å²) in [6.45, 7) is 7.78. The molecule has 1 aromatic rings. The van der Waals surface area contributed by atoms with Crippen LogP contribution in [0.1, 0.15) is 38.3 Å². The summed E-state index contributed by atoms with van der Waals surface area (Å²) in [5, 5.41) is 4.22. The van der Waals surface area contributed by atoms with Crippen LogP contribution in [0.3, 0.4) is 0 Å². The fraction of sp³-hybridized carbons (Fsp3) is 0.647. The Hall–Kier alpha value is -0.770. The van der Waals surface area contributed by atoms with Crippen LogP contribution < -0.4 is 10.2 Å². The van der Waals surface area contributed by atoms with Crippen LogP contribution in [0.15, 0.2) is 18.2 Å². The fourth-order valence-electron chi connectivity index (χ4n) is 2.39. The first-order valence-corrected chi connectivity index (χ1v) is 8.31. The van der Waals surface area contributed by atoms with E-state index < -0.39 is 0 Å². The van der Waals surface area contributed by atoms with E-state index in [9.17, 15) is 0 Å². The van der Waals surface area contributed by atoms with Gasteiger partial charge in [-0.25, -0.2) is 0 Å². The van der Waals surface area contributed by atoms with Crippen molar-refractivity contribution in [1.82, 2.24) is 5.32 Å². The summed E-state index contributed by atoms with van der Waals surface area (Å²) in [5.41, 5.74) is 2.29. The van der Waals surface area contributed by atoms with Gasteiger partial charge in [0, 0.05) is 37.0 Å². The van der Waals surface area contributed by atoms with Gasteiger partial charge in [-0.2, -0.15) is 0 Å². The second-order valence-electron chi connectivity index (χ2n) is 5.93. The van der Waals surface area contributed by atoms with E-state index in [1.807, 2.05) is 6.07 Å². The standard InChI is InChI=1S/C17H27ClN2O/c1-4-19-13(2)16-8-7-15(11-17(16)18)20(3)9-10-21-12-14-5-6-14/h7-8,11,13-14,19H,4-6,9-10,12H2,1-3H3. The molecular weight excluding hydrogens is 284 g/mol. The average molecular weight is 311 g/mol. The van der Waals surface area contributed by atoms with E-state index in [4.69, 9.17) is 16.3 Å². The molecule has 3 nitrogen and oxygen atoms in total. The molecule has 2 rings (SSSR count). The average Bonchev–Trinajstić information content (AvgIpc) is 3.27. The zero-order valence-corrected chi connectivity index (χ0v) is 14.1. The third-order valence-corrected chi connectivity index (χ3v) is 4.35. The number of hydrogen-bond donors (Lipinski definition) is 1. The van der Waals surface area contributed by atoms with Crippen LogP contribution in [0.2, 0.25) is 5.02 Å². The van der Waals surface area contributed by atoms with Crippen LogP contribution in [-0.2, 0) is 4.74 Å². The number of nitrogens with zero attached hydrogens (tertiary/aromatic N) is 1. The van der Waals surface area contributed by atoms with Crippen molar-refractivity contribution in [3.05, 3.63) is 28.8 Å². The summed E-state index contributed by atoms with van der Waals surface area (Å²) in [5.74, 6) is 0.830. The van der Waals surface area contributed by atoms with Gasteiger partial charge in [0.15, 0.2) is 0 Å². The molecule has 118 valence electrons. The first kappa shape index (κ1) is 16.6. The Kier molecular flexibility index (Phi) is 6.34. The van der Waals surface area contributed by atoms with Gasteiger partial charge < -0.3 is 15.0 Å². The lowest BCUT2D eigenvalue weighted by atomic mass is 10.1. The van der Waals surface area contributed by atoms with Crippen LogP contribution in [0.4, 0.5) is 5.69 Å². The van der Waals surface area contributed by atoms with Crippen molar-refractivity contribution < 1.29 is 4.74 Å². The van der Waals surface area contributed by atoms with Gasteiger partial charge in [-0.1, -0.05) is 24.6 Å². The lowest BCUT2D eigenvalue weighted by Gasteiger charge is -2.21. The zero-order valence-electron chi connectivity index (χ0n) is 13.4. The molecule has 0 saturated heterocycles. The van der Waals surface area contributed by atoms with Crippen LogP contribution >= 0.6 is 11.6 Å². The number of nitrogens with one attached hydrogen (secondary N) is 1. The molecule has 0 heterocycles. The van der Waals surface area contributed by atoms with Gasteiger partial charge in [-0.05, 0) is 49.9 Å². The maximum Gasteiger partial charge on any atom is 0.0641 e. The van der Waals surface area contributed by atoms with Crippen molar-refractivity contribution >= 4 is 17.3 Å². The Bertz CT molecular complexity index is 448. The van der Waals surface area contributed by atoms with Crippen molar-refractivity contribution in [2.24, 2.45) is 5.92 Å². The Balaban J connectivity index is 1.85. The molecule has 0 aliphatic heterocycles. The molecule has 1 atom stereocenters. The molecular formula is C17H27ClN2O. The summed E-state index contributed by atoms with van der Waals surface area (Å²) in [6, 6.07) is 6.58. The molecule has 0 aromatic heterocycles. The van der Waals surface area contributed by atoms with E-state index in [0.717, 1.165) is 48.5 Å². The van der Waals surface area contributed by atoms with Gasteiger partial charge in [-0.3, -0.25) is 0 Å². The number of hydrogen-bond acceptors (Lipinski definition) is 3. The van der Waals surface area contributed by atoms with Crippen LogP contribution in [-0.4, -0.2) is 33.4 Å². The maximum atomic E-state index is 6.42. The van der Waals surface area contributed by atoms with Crippen LogP contribution in [0.5, 0.6) is 0 Å². The second-order valence-corrected chi connectivity index (χ2v) is 6.33. The van der Waals surface area contributed by atoms with Crippen molar-refractivity contribution in [2.75, 3.05) is 38.3 Å². The Morgan fingerprint density at radius 3 is 2.81 bits per heavy atom. The highest BCUT2D eigenvalue weighted by atomic mass is 35.5. The number of benzene rings is 1. The van der Waals surface area contributed by atoms with Gasteiger partial charge in [0.1, 0.15) is 0 Å². The third-order valence-electron chi connectivity index (χ3n) is 4.02. The van der Waals surface area contributed by atoms with E-state index in [2.05, 4.69) is 43.2 Å². The molecule has 0 spiro atoms. The van der Waals surface area contributed by atoms with Gasteiger partial charge in [0.25, 0.3) is 0 Å². The highest BCUT2D eigenvalue weighted by molar-refractivity contribution is 6.31. The number of halogens is 1. The third kappa shape index (κ3) is 5.17. The first-order chi connectivity index (χ1) is 10.1. The summed E-state index contributed by atoms with van der Waals surface area (Å²) in [4.78, 5) is 2.19. The minimum atomic E-state index is 0.281. The zero-order chi connectivity index (χ0) is 15.2. The number of likely N-dealkylation sites (N-methyl/N-ethyl adjacent to an activating group) is 1. The van der Waals surface area contributed by atoms with Crippen LogP contribution in [0, 0.1) is 5.92 Å². The van der Waals surface area contributed by atoms with Crippen molar-refractivity contribution in [3.63, 3.8) is 0 Å². The molecule has 0 bridgehead atoms. The molecule has 0 amide bonds. The minimum absolute atomic E-state index is 0.281. The quantitative estimate of drug-likeness (QED) is 0.701. The van der Waals surface area contributed by atoms with E-state index >= 15 is 0 Å². The molecule has 1 fully saturated rings. The fourth-order valence-corrected chi connectivity index (χ4v) is 2.72. The molecule has 1 aliphatic rings. The summed E-state index contributed by atoms with van der Waals surface area (Å²) in [6.07, 6.45) is 2.69. The molecule has 1 unspecified atom stereocenters. The summed E-state index contributed by atoms with van der Waals surface area (Å²) < 4.78 is 5.69. The Morgan fingerprint density at radius 2 is 2.19 bits per heavy atom. The van der Waals surface area contributed by atoms with Crippen molar-refractivity contribution in [3.8, 4) is 0 Å². The molecule has 1 N–H and O–H groups in total. The summed E-state index contributed by atoms with van der Waals surface area (Å²) in [7, 11) is 2.08. The molecule has 0 radical (unpaired) electrons. The van der Waals surface area contributed by atoms with Gasteiger partial charge in [-0.15, -0.1) is 0 Å². The number of rotatable bonds is 9. The Labute approximate surface area is 133 Å². The molecule has 21 heavy (non-hydrogen) atoms. The highest BCUT2D eigenvalue weighted by Crippen LogP contribution is 2.29. The predicted octanol–water partition coefficient (Wildman–Crippen LogP) is 3.87. The maximum absolute atomic E-state index is 6.42. The van der Waals surface area contributed by atoms with Gasteiger partial charge in [0.05, 0.1) is 6.61 Å². The van der Waals surface area contributed by atoms with Crippen molar-refractivity contribution in [2.45, 2.75) is 32.7 Å². The second kappa shape index (κ2) is 8.02. The topological polar surface area (TPSA) is 24.5 Å². The molecule has 1 aromatic carbocycles. The normalized spacial score (nSPS) is 16.0. The number of ether oxygens (including phenoxy) is 1. The summed E-state index contributed by atoms with van der Waals surface area (Å²) >= 11 is 6.42. The largest absolute Gasteiger partial charge is 0.379 e. The van der Waals surface area contributed by atoms with E-state index in [1.54, 1.807) is 0 Å². The van der Waals surface area contributed by atoms with E-state index in [1.165, 1.54) is 12.8 Å². The number of anilines is 1. The van der Waals surface area contributed by atoms with Crippen LogP contribution in [0.25, 0.3) is 0 Å². The molecule has 1 aliphatic carbocycles. The SMILES string of the molecule is CCNC(C)c1ccc(N(C)CCOCC2CC2)cc1Cl. The monoisotopic (exact) mass is 310 g/mol. The first-order valence-electron chi connectivity index (χ1n) is 7.93. The van der Waals surface area contributed by atoms with Gasteiger partial charge >= 0.3 is 0 Å². The molecule has 4 heteroatoms. The van der Waals surface area contributed by atoms with E-state index in [-0.39, 0.29) is 6.04 Å². The lowest BCUT2D eigenvalue weighted by molar-refractivity contribution is 0.131. The lowest BCUT2D eigenvalue weighted by Crippen LogP contribution is -2.23. The van der Waals surface area contributed by atoms with E-state index in [0.29, 0.717) is 0 Å².